The molecule has 0 aliphatic heterocycles. The molecule has 21 heteroatoms. The van der Waals surface area contributed by atoms with Gasteiger partial charge in [0, 0.05) is 84.2 Å². The van der Waals surface area contributed by atoms with Crippen LogP contribution in [0.3, 0.4) is 0 Å². The van der Waals surface area contributed by atoms with Gasteiger partial charge in [-0.3, -0.25) is 14.4 Å². The number of halogens is 3. The molecule has 84 heavy (non-hydrogen) atoms. The summed E-state index contributed by atoms with van der Waals surface area (Å²) in [7, 11) is -11.7. The third kappa shape index (κ3) is 12.2. The smallest absolute Gasteiger partial charge is 0.268 e. The third-order valence-corrected chi connectivity index (χ3v) is 18.9. The van der Waals surface area contributed by atoms with E-state index in [1.165, 1.54) is 86.2 Å². The molecule has 3 N–H and O–H groups in total. The number of benzene rings is 8. The van der Waals surface area contributed by atoms with E-state index in [0.29, 0.717) is 58.9 Å². The molecule has 3 aromatic heterocycles. The maximum Gasteiger partial charge on any atom is 0.268 e. The molecule has 11 rings (SSSR count). The van der Waals surface area contributed by atoms with Gasteiger partial charge in [0.25, 0.3) is 30.1 Å². The average molecular weight is 1240 g/mol. The largest absolute Gasteiger partial charge is 0.507 e. The van der Waals surface area contributed by atoms with Crippen molar-refractivity contribution in [2.75, 3.05) is 0 Å². The van der Waals surface area contributed by atoms with E-state index < -0.39 is 41.6 Å². The van der Waals surface area contributed by atoms with Crippen molar-refractivity contribution in [1.29, 1.82) is 0 Å². The van der Waals surface area contributed by atoms with Gasteiger partial charge in [-0.05, 0) is 123 Å². The molecule has 11 aromatic rings. The first-order chi connectivity index (χ1) is 40.0. The van der Waals surface area contributed by atoms with Crippen LogP contribution in [0, 0.1) is 6.92 Å². The minimum atomic E-state index is -3.97. The number of allylic oxidation sites excluding steroid dienone is 2. The molecule has 8 aromatic carbocycles. The zero-order valence-corrected chi connectivity index (χ0v) is 48.8. The molecule has 0 aliphatic rings. The molecule has 15 nitrogen and oxygen atoms in total. The van der Waals surface area contributed by atoms with E-state index in [0.717, 1.165) is 29.6 Å². The van der Waals surface area contributed by atoms with Crippen LogP contribution >= 0.6 is 34.8 Å². The lowest BCUT2D eigenvalue weighted by Gasteiger charge is -2.07. The number of aromatic hydroxyl groups is 1. The predicted octanol–water partition coefficient (Wildman–Crippen LogP) is 14.4. The summed E-state index contributed by atoms with van der Waals surface area (Å²) in [5.41, 5.74) is 2.93. The fraction of sp³-hybridized carbons (Fsp3) is 0.0317. The Morgan fingerprint density at radius 3 is 1.07 bits per heavy atom. The van der Waals surface area contributed by atoms with Crippen LogP contribution in [-0.2, 0) is 30.1 Å². The van der Waals surface area contributed by atoms with Gasteiger partial charge in [-0.1, -0.05) is 126 Å². The van der Waals surface area contributed by atoms with Crippen LogP contribution in [0.4, 0.5) is 0 Å². The first-order valence-electron chi connectivity index (χ1n) is 25.1. The topological polar surface area (TPSA) is 229 Å². The van der Waals surface area contributed by atoms with E-state index in [1.807, 2.05) is 6.07 Å². The van der Waals surface area contributed by atoms with Crippen LogP contribution in [0.5, 0.6) is 5.75 Å². The molecule has 0 aliphatic carbocycles. The van der Waals surface area contributed by atoms with E-state index in [2.05, 4.69) is 0 Å². The summed E-state index contributed by atoms with van der Waals surface area (Å²) < 4.78 is 81.6. The van der Waals surface area contributed by atoms with Gasteiger partial charge < -0.3 is 15.3 Å². The maximum atomic E-state index is 13.2. The number of aliphatic hydroxyl groups is 2. The minimum Gasteiger partial charge on any atom is -0.507 e. The number of rotatable bonds is 13. The Morgan fingerprint density at radius 2 is 0.714 bits per heavy atom. The number of aromatic nitrogens is 3. The molecule has 0 saturated heterocycles. The highest BCUT2D eigenvalue weighted by Crippen LogP contribution is 2.35. The van der Waals surface area contributed by atoms with Crippen molar-refractivity contribution in [3.63, 3.8) is 0 Å². The Kier molecular flexibility index (Phi) is 17.3. The van der Waals surface area contributed by atoms with Crippen LogP contribution in [0.1, 0.15) is 54.7 Å². The minimum absolute atomic E-state index is 0.00716. The number of nitrogens with zero attached hydrogens (tertiary/aromatic N) is 3. The highest BCUT2D eigenvalue weighted by atomic mass is 35.5. The van der Waals surface area contributed by atoms with Crippen LogP contribution in [0.2, 0.25) is 15.1 Å². The number of fused-ring (bicyclic) bond motifs is 3. The highest BCUT2D eigenvalue weighted by molar-refractivity contribution is 7.90. The molecule has 3 heterocycles. The van der Waals surface area contributed by atoms with Gasteiger partial charge in [-0.15, -0.1) is 0 Å². The van der Waals surface area contributed by atoms with Gasteiger partial charge in [0.2, 0.25) is 0 Å². The highest BCUT2D eigenvalue weighted by Gasteiger charge is 2.26. The van der Waals surface area contributed by atoms with E-state index >= 15 is 0 Å². The first-order valence-corrected chi connectivity index (χ1v) is 30.5. The maximum absolute atomic E-state index is 13.2. The number of carbonyl (C=O) groups is 3. The van der Waals surface area contributed by atoms with Gasteiger partial charge in [0.05, 0.1) is 36.8 Å². The lowest BCUT2D eigenvalue weighted by molar-refractivity contribution is 0.101. The molecule has 0 amide bonds. The molecule has 0 fully saturated rings. The summed E-state index contributed by atoms with van der Waals surface area (Å²) >= 11 is 18.2. The number of aliphatic hydroxyl groups excluding tert-OH is 2. The van der Waals surface area contributed by atoms with E-state index in [4.69, 9.17) is 34.8 Å². The van der Waals surface area contributed by atoms with Gasteiger partial charge in [0.1, 0.15) is 17.3 Å². The van der Waals surface area contributed by atoms with Crippen LogP contribution in [0.25, 0.3) is 44.2 Å². The number of Topliss-reactive ketones (excluding diaryl/α,β-unsaturated/α-hetero) is 1. The molecular formula is C63H46Cl3N3O12S3. The zero-order chi connectivity index (χ0) is 60.3. The van der Waals surface area contributed by atoms with Crippen molar-refractivity contribution in [1.82, 2.24) is 11.9 Å². The lowest BCUT2D eigenvalue weighted by Crippen LogP contribution is -2.11. The number of phenolic OH excluding ortho intramolecular Hbond substituents is 1. The molecule has 0 radical (unpaired) electrons. The molecule has 0 atom stereocenters. The Balaban J connectivity index is 0.000000154. The summed E-state index contributed by atoms with van der Waals surface area (Å²) in [5.74, 6) is -2.26. The second-order valence-corrected chi connectivity index (χ2v) is 25.4. The summed E-state index contributed by atoms with van der Waals surface area (Å²) in [6, 6.07) is 51.0. The Labute approximate surface area is 497 Å². The van der Waals surface area contributed by atoms with Crippen molar-refractivity contribution in [3.8, 4) is 5.75 Å². The number of hydrogen-bond donors (Lipinski definition) is 3. The second-order valence-electron chi connectivity index (χ2n) is 18.6. The zero-order valence-electron chi connectivity index (χ0n) is 44.1. The van der Waals surface area contributed by atoms with Crippen molar-refractivity contribution in [2.45, 2.75) is 28.5 Å². The fourth-order valence-electron chi connectivity index (χ4n) is 9.01. The van der Waals surface area contributed by atoms with Crippen molar-refractivity contribution in [2.24, 2.45) is 0 Å². The SMILES string of the molecule is CC(=O)c1cn(S(=O)(=O)c2ccccc2)c2ccc(Cl)cc12.Cc1ccccc1C(=O)C=C(O)c1cn(S(=O)(=O)c2ccccc2)c2ccc(Cl)cc12.O=C(C=C(O)c1cn(S(=O)(=O)c2ccccc2)c2ccc(Cl)cc12)c1ccccc1O. The Bertz CT molecular complexity index is 4590. The predicted molar refractivity (Wildman–Crippen MR) is 327 cm³/mol. The average Bonchev–Trinajstić information content (AvgIpc) is 2.48. The molecule has 0 spiro atoms. The lowest BCUT2D eigenvalue weighted by atomic mass is 10.0. The van der Waals surface area contributed by atoms with Crippen LogP contribution in [0.15, 0.2) is 240 Å². The fourth-order valence-corrected chi connectivity index (χ4v) is 13.7. The molecule has 424 valence electrons. The van der Waals surface area contributed by atoms with Gasteiger partial charge in [0.15, 0.2) is 17.3 Å². The van der Waals surface area contributed by atoms with Crippen LogP contribution < -0.4 is 0 Å². The molecule has 0 saturated carbocycles. The summed E-state index contributed by atoms with van der Waals surface area (Å²) in [5, 5.41) is 33.8. The quantitative estimate of drug-likeness (QED) is 0.0556. The summed E-state index contributed by atoms with van der Waals surface area (Å²) in [6.45, 7) is 3.20. The molecule has 0 bridgehead atoms. The van der Waals surface area contributed by atoms with E-state index in [9.17, 15) is 55.0 Å². The van der Waals surface area contributed by atoms with Crippen molar-refractivity contribution >= 4 is 126 Å². The monoisotopic (exact) mass is 1240 g/mol. The number of phenols is 1. The first kappa shape index (κ1) is 59.6. The summed E-state index contributed by atoms with van der Waals surface area (Å²) in [6.07, 6.45) is 5.93. The molecular weight excluding hydrogens is 1190 g/mol. The van der Waals surface area contributed by atoms with E-state index in [-0.39, 0.29) is 54.5 Å². The number of aryl methyl sites for hydroxylation is 1. The molecule has 0 unspecified atom stereocenters. The number of hydrogen-bond acceptors (Lipinski definition) is 12. The standard InChI is InChI=1S/C24H18ClNO4S.C23H16ClNO5S.C16H12ClNO3S/c1-16-7-5-6-10-19(16)23(27)14-24(28)21-15-26(22-12-11-17(25)13-20(21)22)31(29,30)18-8-3-2-4-9-18;24-15-10-11-20-18(12-15)19(14-25(20)31(29,30)16-6-2-1-3-7-16)23(28)13-22(27)17-8-4-5-9-21(17)26;1-11(19)15-10-18(16-8-7-12(17)9-14(15)16)22(20,21)13-5-3-2-4-6-13/h2-15,28H,1H3;1-14,26,28H;2-10H,1H3. The van der Waals surface area contributed by atoms with Crippen molar-refractivity contribution in [3.05, 3.63) is 273 Å². The number of carbonyl (C=O) groups excluding carboxylic acids is 3. The number of ketones is 3. The Hall–Kier alpha value is -9.01. The Morgan fingerprint density at radius 1 is 0.405 bits per heavy atom. The van der Waals surface area contributed by atoms with E-state index in [1.54, 1.807) is 134 Å². The van der Waals surface area contributed by atoms with Crippen molar-refractivity contribution < 1.29 is 55.0 Å². The van der Waals surface area contributed by atoms with Gasteiger partial charge in [-0.25, -0.2) is 37.2 Å². The normalized spacial score (nSPS) is 12.1. The third-order valence-electron chi connectivity index (χ3n) is 13.1. The summed E-state index contributed by atoms with van der Waals surface area (Å²) in [4.78, 5) is 37.4. The van der Waals surface area contributed by atoms with Crippen LogP contribution in [-0.4, -0.2) is 69.8 Å². The second kappa shape index (κ2) is 24.4. The van der Waals surface area contributed by atoms with Gasteiger partial charge in [-0.2, -0.15) is 0 Å². The number of para-hydroxylation sites is 1. The van der Waals surface area contributed by atoms with Gasteiger partial charge >= 0.3 is 0 Å².